The summed E-state index contributed by atoms with van der Waals surface area (Å²) in [4.78, 5) is 23.8. The van der Waals surface area contributed by atoms with E-state index in [2.05, 4.69) is 5.32 Å². The highest BCUT2D eigenvalue weighted by molar-refractivity contribution is 7.89. The molecular weight excluding hydrogens is 431 g/mol. The molecule has 0 saturated heterocycles. The first-order chi connectivity index (χ1) is 13.0. The van der Waals surface area contributed by atoms with E-state index in [4.69, 9.17) is 27.9 Å². The highest BCUT2D eigenvalue weighted by atomic mass is 35.5. The van der Waals surface area contributed by atoms with Crippen molar-refractivity contribution in [3.05, 3.63) is 52.0 Å². The number of hydrogen-bond donors (Lipinski definition) is 2. The number of esters is 1. The van der Waals surface area contributed by atoms with Gasteiger partial charge in [-0.2, -0.15) is 0 Å². The van der Waals surface area contributed by atoms with Crippen LogP contribution in [0.1, 0.15) is 10.4 Å². The first-order valence-corrected chi connectivity index (χ1v) is 9.89. The molecule has 0 atom stereocenters. The number of halogens is 2. The molecule has 0 aliphatic rings. The van der Waals surface area contributed by atoms with Crippen molar-refractivity contribution < 1.29 is 27.9 Å². The number of nitrogens with zero attached hydrogens (tertiary/aromatic N) is 1. The monoisotopic (exact) mass is 446 g/mol. The lowest BCUT2D eigenvalue weighted by Crippen LogP contribution is -2.23. The number of phenols is 1. The summed E-state index contributed by atoms with van der Waals surface area (Å²) in [5, 5.41) is 12.3. The Morgan fingerprint density at radius 1 is 1.14 bits per heavy atom. The van der Waals surface area contributed by atoms with Crippen LogP contribution in [0.3, 0.4) is 0 Å². The average Bonchev–Trinajstić information content (AvgIpc) is 2.63. The van der Waals surface area contributed by atoms with Gasteiger partial charge in [-0.05, 0) is 36.4 Å². The molecule has 2 rings (SSSR count). The number of carbonyl (C=O) groups is 2. The maximum atomic E-state index is 12.2. The molecule has 28 heavy (non-hydrogen) atoms. The zero-order chi connectivity index (χ0) is 21.1. The quantitative estimate of drug-likeness (QED) is 0.659. The molecular formula is C17H16Cl2N2O6S. The van der Waals surface area contributed by atoms with E-state index in [0.29, 0.717) is 0 Å². The van der Waals surface area contributed by atoms with E-state index >= 15 is 0 Å². The number of hydrogen-bond acceptors (Lipinski definition) is 6. The molecule has 0 fully saturated rings. The Morgan fingerprint density at radius 2 is 1.82 bits per heavy atom. The van der Waals surface area contributed by atoms with Crippen LogP contribution in [0, 0.1) is 0 Å². The molecule has 0 aliphatic heterocycles. The Morgan fingerprint density at radius 3 is 2.46 bits per heavy atom. The van der Waals surface area contributed by atoms with Gasteiger partial charge in [0.15, 0.2) is 6.61 Å². The highest BCUT2D eigenvalue weighted by Gasteiger charge is 2.22. The van der Waals surface area contributed by atoms with Crippen LogP contribution < -0.4 is 5.32 Å². The summed E-state index contributed by atoms with van der Waals surface area (Å²) in [6.07, 6.45) is 0. The van der Waals surface area contributed by atoms with Gasteiger partial charge in [-0.25, -0.2) is 17.5 Å². The lowest BCUT2D eigenvalue weighted by molar-refractivity contribution is -0.119. The van der Waals surface area contributed by atoms with E-state index in [-0.39, 0.29) is 31.9 Å². The van der Waals surface area contributed by atoms with Gasteiger partial charge in [0, 0.05) is 24.8 Å². The summed E-state index contributed by atoms with van der Waals surface area (Å²) in [6, 6.07) is 7.73. The topological polar surface area (TPSA) is 113 Å². The number of nitrogens with one attached hydrogen (secondary N) is 1. The number of sulfonamides is 1. The summed E-state index contributed by atoms with van der Waals surface area (Å²) in [5.41, 5.74) is -0.0392. The number of aromatic hydroxyl groups is 1. The molecule has 0 aromatic heterocycles. The van der Waals surface area contributed by atoms with Gasteiger partial charge >= 0.3 is 5.97 Å². The van der Waals surface area contributed by atoms with E-state index < -0.39 is 28.5 Å². The summed E-state index contributed by atoms with van der Waals surface area (Å²) in [5.74, 6) is -2.00. The van der Waals surface area contributed by atoms with Crippen molar-refractivity contribution in [1.29, 1.82) is 0 Å². The Bertz CT molecular complexity index is 1020. The molecule has 8 nitrogen and oxygen atoms in total. The first-order valence-electron chi connectivity index (χ1n) is 7.70. The summed E-state index contributed by atoms with van der Waals surface area (Å²) in [7, 11) is -1.11. The molecule has 0 unspecified atom stereocenters. The van der Waals surface area contributed by atoms with Crippen LogP contribution in [0.5, 0.6) is 5.75 Å². The number of rotatable bonds is 6. The van der Waals surface area contributed by atoms with Crippen LogP contribution in [0.25, 0.3) is 0 Å². The lowest BCUT2D eigenvalue weighted by atomic mass is 10.2. The molecule has 0 radical (unpaired) electrons. The summed E-state index contributed by atoms with van der Waals surface area (Å²) in [6.45, 7) is -0.664. The van der Waals surface area contributed by atoms with Crippen molar-refractivity contribution in [2.75, 3.05) is 26.0 Å². The third-order valence-corrected chi connectivity index (χ3v) is 6.02. The second-order valence-corrected chi connectivity index (χ2v) is 8.68. The van der Waals surface area contributed by atoms with Gasteiger partial charge in [-0.1, -0.05) is 23.2 Å². The zero-order valence-corrected chi connectivity index (χ0v) is 17.1. The number of amides is 1. The van der Waals surface area contributed by atoms with Crippen LogP contribution in [-0.2, 0) is 19.6 Å². The number of ether oxygens (including phenoxy) is 1. The average molecular weight is 447 g/mol. The summed E-state index contributed by atoms with van der Waals surface area (Å²) >= 11 is 11.7. The molecule has 150 valence electrons. The van der Waals surface area contributed by atoms with E-state index in [1.807, 2.05) is 0 Å². The molecule has 2 aromatic rings. The maximum absolute atomic E-state index is 12.2. The molecule has 0 heterocycles. The van der Waals surface area contributed by atoms with Crippen molar-refractivity contribution in [1.82, 2.24) is 4.31 Å². The predicted octanol–water partition coefficient (Wildman–Crippen LogP) is 2.74. The maximum Gasteiger partial charge on any atom is 0.342 e. The highest BCUT2D eigenvalue weighted by Crippen LogP contribution is 2.27. The van der Waals surface area contributed by atoms with Crippen molar-refractivity contribution in [2.24, 2.45) is 0 Å². The molecule has 0 spiro atoms. The number of anilines is 1. The summed E-state index contributed by atoms with van der Waals surface area (Å²) < 4.78 is 30.3. The van der Waals surface area contributed by atoms with Crippen LogP contribution in [0.2, 0.25) is 10.0 Å². The van der Waals surface area contributed by atoms with E-state index in [1.165, 1.54) is 50.5 Å². The van der Waals surface area contributed by atoms with Crippen LogP contribution >= 0.6 is 23.2 Å². The van der Waals surface area contributed by atoms with Crippen LogP contribution in [0.15, 0.2) is 41.3 Å². The second kappa shape index (κ2) is 8.78. The normalized spacial score (nSPS) is 11.3. The fourth-order valence-corrected chi connectivity index (χ4v) is 3.62. The third-order valence-electron chi connectivity index (χ3n) is 3.49. The Labute approximate surface area is 171 Å². The number of phenolic OH excluding ortho intramolecular Hbond substituents is 1. The van der Waals surface area contributed by atoms with Gasteiger partial charge in [0.25, 0.3) is 5.91 Å². The Balaban J connectivity index is 2.08. The molecule has 11 heteroatoms. The minimum absolute atomic E-state index is 0.00504. The van der Waals surface area contributed by atoms with Crippen molar-refractivity contribution in [2.45, 2.75) is 4.90 Å². The molecule has 0 aliphatic carbocycles. The van der Waals surface area contributed by atoms with Gasteiger partial charge in [0.1, 0.15) is 16.2 Å². The fourth-order valence-electron chi connectivity index (χ4n) is 2.05. The fraction of sp³-hybridized carbons (Fsp3) is 0.176. The largest absolute Gasteiger partial charge is 0.507 e. The van der Waals surface area contributed by atoms with Crippen molar-refractivity contribution in [3.63, 3.8) is 0 Å². The Hall–Kier alpha value is -2.33. The minimum Gasteiger partial charge on any atom is -0.507 e. The predicted molar refractivity (Wildman–Crippen MR) is 104 cm³/mol. The Kier molecular flexibility index (Phi) is 6.89. The zero-order valence-electron chi connectivity index (χ0n) is 14.8. The van der Waals surface area contributed by atoms with Gasteiger partial charge in [0.05, 0.1) is 5.02 Å². The van der Waals surface area contributed by atoms with Crippen molar-refractivity contribution in [3.8, 4) is 5.75 Å². The van der Waals surface area contributed by atoms with Gasteiger partial charge in [-0.3, -0.25) is 4.79 Å². The van der Waals surface area contributed by atoms with Gasteiger partial charge in [-0.15, -0.1) is 0 Å². The molecule has 2 aromatic carbocycles. The third kappa shape index (κ3) is 5.14. The smallest absolute Gasteiger partial charge is 0.342 e. The first kappa shape index (κ1) is 22.0. The standard InChI is InChI=1S/C17H16Cl2N2O6S/c1-21(2)28(25,26)15-8-11(4-5-13(15)19)20-16(23)9-27-17(24)12-7-10(18)3-6-14(12)22/h3-8,22H,9H2,1-2H3,(H,20,23). The molecule has 1 amide bonds. The van der Waals surface area contributed by atoms with Gasteiger partial charge < -0.3 is 15.2 Å². The second-order valence-electron chi connectivity index (χ2n) is 5.72. The number of carbonyl (C=O) groups excluding carboxylic acids is 2. The minimum atomic E-state index is -3.81. The molecule has 0 saturated carbocycles. The van der Waals surface area contributed by atoms with Crippen LogP contribution in [-0.4, -0.2) is 50.4 Å². The molecule has 2 N–H and O–H groups in total. The van der Waals surface area contributed by atoms with Crippen LogP contribution in [0.4, 0.5) is 5.69 Å². The number of benzene rings is 2. The SMILES string of the molecule is CN(C)S(=O)(=O)c1cc(NC(=O)COC(=O)c2cc(Cl)ccc2O)ccc1Cl. The van der Waals surface area contributed by atoms with E-state index in [1.54, 1.807) is 0 Å². The van der Waals surface area contributed by atoms with E-state index in [0.717, 1.165) is 4.31 Å². The van der Waals surface area contributed by atoms with Gasteiger partial charge in [0.2, 0.25) is 10.0 Å². The molecule has 0 bridgehead atoms. The van der Waals surface area contributed by atoms with Crippen molar-refractivity contribution >= 4 is 50.8 Å². The van der Waals surface area contributed by atoms with E-state index in [9.17, 15) is 23.1 Å². The lowest BCUT2D eigenvalue weighted by Gasteiger charge is -2.14.